The van der Waals surface area contributed by atoms with Crippen LogP contribution in [0.4, 0.5) is 15.8 Å². The number of amides is 4. The molecule has 2 heterocycles. The lowest BCUT2D eigenvalue weighted by Gasteiger charge is -2.50. The average molecular weight is 738 g/mol. The van der Waals surface area contributed by atoms with Gasteiger partial charge in [-0.3, -0.25) is 24.1 Å². The van der Waals surface area contributed by atoms with Gasteiger partial charge in [0.15, 0.2) is 9.75 Å². The van der Waals surface area contributed by atoms with Crippen molar-refractivity contribution in [3.05, 3.63) is 138 Å². The average Bonchev–Trinajstić information content (AvgIpc) is 3.49. The van der Waals surface area contributed by atoms with Gasteiger partial charge in [-0.05, 0) is 72.4 Å². The Morgan fingerprint density at radius 2 is 1.52 bits per heavy atom. The number of rotatable bonds is 7. The molecule has 0 unspecified atom stereocenters. The Morgan fingerprint density at radius 1 is 0.846 bits per heavy atom. The van der Waals surface area contributed by atoms with Gasteiger partial charge >= 0.3 is 0 Å². The van der Waals surface area contributed by atoms with Crippen molar-refractivity contribution in [3.63, 3.8) is 0 Å². The summed E-state index contributed by atoms with van der Waals surface area (Å²) in [5.41, 5.74) is 2.90. The van der Waals surface area contributed by atoms with Gasteiger partial charge in [-0.25, -0.2) is 9.29 Å². The minimum absolute atomic E-state index is 0.0644. The van der Waals surface area contributed by atoms with E-state index in [1.165, 1.54) is 23.1 Å². The Kier molecular flexibility index (Phi) is 8.12. The molecule has 11 heteroatoms. The van der Waals surface area contributed by atoms with E-state index in [4.69, 9.17) is 27.9 Å². The molecular weight excluding hydrogens is 706 g/mol. The fraction of sp³-hybridized carbons (Fsp3) is 0.220. The van der Waals surface area contributed by atoms with Crippen molar-refractivity contribution in [3.8, 4) is 11.5 Å². The van der Waals surface area contributed by atoms with E-state index in [1.807, 2.05) is 30.3 Å². The summed E-state index contributed by atoms with van der Waals surface area (Å²) in [5, 5.41) is 11.6. The fourth-order valence-electron chi connectivity index (χ4n) is 8.36. The predicted molar refractivity (Wildman–Crippen MR) is 194 cm³/mol. The normalized spacial score (nSPS) is 27.9. The smallest absolute Gasteiger partial charge is 0.258 e. The van der Waals surface area contributed by atoms with Crippen molar-refractivity contribution in [2.45, 2.75) is 35.1 Å². The van der Waals surface area contributed by atoms with Crippen molar-refractivity contribution in [1.29, 1.82) is 0 Å². The minimum Gasteiger partial charge on any atom is -0.508 e. The van der Waals surface area contributed by atoms with Crippen molar-refractivity contribution < 1.29 is 33.4 Å². The lowest BCUT2D eigenvalue weighted by molar-refractivity contribution is -0.125. The molecule has 0 bridgehead atoms. The zero-order chi connectivity index (χ0) is 36.5. The summed E-state index contributed by atoms with van der Waals surface area (Å²) in [4.78, 5) is 55.1. The van der Waals surface area contributed by atoms with Gasteiger partial charge in [0.2, 0.25) is 11.8 Å². The van der Waals surface area contributed by atoms with E-state index >= 15 is 0 Å². The molecule has 8 rings (SSSR count). The summed E-state index contributed by atoms with van der Waals surface area (Å²) in [6.45, 7) is 3.99. The third-order valence-electron chi connectivity index (χ3n) is 10.8. The number of hydrogen-bond donors (Lipinski definition) is 1. The molecule has 4 amide bonds. The van der Waals surface area contributed by atoms with Crippen LogP contribution in [-0.2, 0) is 25.8 Å². The lowest BCUT2D eigenvalue weighted by atomic mass is 9.56. The van der Waals surface area contributed by atoms with Crippen LogP contribution in [-0.4, -0.2) is 38.5 Å². The number of carbonyl (C=O) groups excluding carboxylic acids is 4. The number of alkyl halides is 2. The molecule has 0 radical (unpaired) electrons. The second-order valence-electron chi connectivity index (χ2n) is 13.6. The maximum Gasteiger partial charge on any atom is 0.258 e. The summed E-state index contributed by atoms with van der Waals surface area (Å²) in [6, 6.07) is 25.7. The van der Waals surface area contributed by atoms with Crippen LogP contribution in [0, 0.1) is 23.6 Å². The predicted octanol–water partition coefficient (Wildman–Crippen LogP) is 7.52. The molecule has 1 saturated carbocycles. The number of carbonyl (C=O) groups is 4. The summed E-state index contributed by atoms with van der Waals surface area (Å²) in [7, 11) is 0. The number of hydrogen-bond acceptors (Lipinski definition) is 6. The minimum atomic E-state index is -2.19. The number of imide groups is 2. The van der Waals surface area contributed by atoms with Crippen molar-refractivity contribution in [1.82, 2.24) is 0 Å². The SMILES string of the molecule is C=Cc1ccc(N2C(=O)[C@H]3[C@H](CC=C4[C@H]3C[C@@]3(Cl)C(=O)N(c5ccc(F)cc5)C(=O)[C@@]3(Cl)[C@H]4c3ccc(OCc4ccccc4)cc3O)C2=O)cc1. The molecule has 52 heavy (non-hydrogen) atoms. The number of phenols is 1. The number of halogens is 3. The summed E-state index contributed by atoms with van der Waals surface area (Å²) < 4.78 is 19.9. The molecule has 2 saturated heterocycles. The molecule has 8 nitrogen and oxygen atoms in total. The van der Waals surface area contributed by atoms with Crippen LogP contribution >= 0.6 is 23.2 Å². The topological polar surface area (TPSA) is 104 Å². The number of allylic oxidation sites excluding steroid dienone is 2. The molecule has 4 aromatic rings. The van der Waals surface area contributed by atoms with Crippen LogP contribution in [0.3, 0.4) is 0 Å². The quantitative estimate of drug-likeness (QED) is 0.120. The zero-order valence-corrected chi connectivity index (χ0v) is 29.1. The van der Waals surface area contributed by atoms with Crippen LogP contribution in [0.2, 0.25) is 0 Å². The van der Waals surface area contributed by atoms with Crippen molar-refractivity contribution >= 4 is 64.3 Å². The van der Waals surface area contributed by atoms with Crippen molar-refractivity contribution in [2.75, 3.05) is 9.80 Å². The molecule has 262 valence electrons. The van der Waals surface area contributed by atoms with E-state index in [0.29, 0.717) is 17.0 Å². The second kappa shape index (κ2) is 12.5. The molecule has 4 aliphatic rings. The second-order valence-corrected chi connectivity index (χ2v) is 14.8. The Bertz CT molecular complexity index is 2190. The number of fused-ring (bicyclic) bond motifs is 4. The highest BCUT2D eigenvalue weighted by atomic mass is 35.5. The highest BCUT2D eigenvalue weighted by Gasteiger charge is 2.77. The maximum absolute atomic E-state index is 14.6. The van der Waals surface area contributed by atoms with Gasteiger partial charge in [0.05, 0.1) is 23.2 Å². The summed E-state index contributed by atoms with van der Waals surface area (Å²) in [6.07, 6.45) is 3.36. The first-order valence-electron chi connectivity index (χ1n) is 16.8. The highest BCUT2D eigenvalue weighted by Crippen LogP contribution is 2.66. The molecular formula is C41H31Cl2FN2O6. The van der Waals surface area contributed by atoms with Crippen LogP contribution < -0.4 is 14.5 Å². The van der Waals surface area contributed by atoms with Gasteiger partial charge in [0.25, 0.3) is 11.8 Å². The Morgan fingerprint density at radius 3 is 2.19 bits per heavy atom. The Labute approximate surface area is 308 Å². The fourth-order valence-corrected chi connectivity index (χ4v) is 9.28. The van der Waals surface area contributed by atoms with Gasteiger partial charge in [-0.1, -0.05) is 72.8 Å². The standard InChI is InChI=1S/C41H31Cl2FN2O6/c1-2-23-8-12-26(13-9-23)45-36(48)31-19-18-29-32(34(31)37(45)49)21-40(42)38(50)46(27-14-10-25(44)11-15-27)39(51)41(40,43)35(29)30-17-16-28(20-33(30)47)52-22-24-6-4-3-5-7-24/h2-18,20,31-32,34-35,47H,1,19,21-22H2/t31-,32+,34-,35+,40+,41-/m0/s1. The lowest BCUT2D eigenvalue weighted by Crippen LogP contribution is -2.60. The maximum atomic E-state index is 14.6. The number of aromatic hydroxyl groups is 1. The molecule has 3 fully saturated rings. The monoisotopic (exact) mass is 736 g/mol. The third-order valence-corrected chi connectivity index (χ3v) is 12.3. The van der Waals surface area contributed by atoms with Gasteiger partial charge in [-0.2, -0.15) is 0 Å². The highest BCUT2D eigenvalue weighted by molar-refractivity contribution is 6.58. The summed E-state index contributed by atoms with van der Waals surface area (Å²) in [5.74, 6) is -6.74. The zero-order valence-electron chi connectivity index (χ0n) is 27.5. The van der Waals surface area contributed by atoms with Crippen molar-refractivity contribution in [2.24, 2.45) is 17.8 Å². The number of phenolic OH excluding ortho intramolecular Hbond substituents is 1. The van der Waals surface area contributed by atoms with E-state index in [9.17, 15) is 28.7 Å². The van der Waals surface area contributed by atoms with Gasteiger partial charge in [-0.15, -0.1) is 23.2 Å². The van der Waals surface area contributed by atoms with Crippen LogP contribution in [0.5, 0.6) is 11.5 Å². The van der Waals surface area contributed by atoms with Gasteiger partial charge in [0.1, 0.15) is 23.9 Å². The first kappa shape index (κ1) is 33.9. The number of ether oxygens (including phenoxy) is 1. The Hall–Kier alpha value is -5.25. The number of nitrogens with zero attached hydrogens (tertiary/aromatic N) is 2. The van der Waals surface area contributed by atoms with Gasteiger partial charge in [0, 0.05) is 17.5 Å². The largest absolute Gasteiger partial charge is 0.508 e. The van der Waals surface area contributed by atoms with E-state index in [0.717, 1.165) is 28.2 Å². The molecule has 6 atom stereocenters. The summed E-state index contributed by atoms with van der Waals surface area (Å²) >= 11 is 14.9. The number of benzene rings is 4. The molecule has 2 aliphatic carbocycles. The van der Waals surface area contributed by atoms with Gasteiger partial charge < -0.3 is 9.84 Å². The van der Waals surface area contributed by atoms with Crippen LogP contribution in [0.1, 0.15) is 35.4 Å². The van der Waals surface area contributed by atoms with E-state index in [2.05, 4.69) is 6.58 Å². The molecule has 0 spiro atoms. The van der Waals surface area contributed by atoms with E-state index in [1.54, 1.807) is 48.6 Å². The Balaban J connectivity index is 1.24. The van der Waals surface area contributed by atoms with Crippen LogP contribution in [0.25, 0.3) is 6.08 Å². The van der Waals surface area contributed by atoms with E-state index in [-0.39, 0.29) is 42.4 Å². The van der Waals surface area contributed by atoms with E-state index < -0.39 is 57.0 Å². The molecule has 0 aromatic heterocycles. The molecule has 2 aliphatic heterocycles. The molecule has 1 N–H and O–H groups in total. The molecule has 4 aromatic carbocycles. The first-order chi connectivity index (χ1) is 25.0. The first-order valence-corrected chi connectivity index (χ1v) is 17.6. The number of anilines is 2. The van der Waals surface area contributed by atoms with Crippen LogP contribution in [0.15, 0.2) is 115 Å². The third kappa shape index (κ3) is 4.93.